The molecule has 0 aliphatic heterocycles. The number of anilines is 1. The van der Waals surface area contributed by atoms with Gasteiger partial charge >= 0.3 is 11.8 Å². The van der Waals surface area contributed by atoms with Gasteiger partial charge in [-0.15, -0.1) is 0 Å². The van der Waals surface area contributed by atoms with Gasteiger partial charge in [0.15, 0.2) is 0 Å². The predicted molar refractivity (Wildman–Crippen MR) is 48.6 cm³/mol. The number of amides is 2. The van der Waals surface area contributed by atoms with E-state index in [4.69, 9.17) is 10.5 Å². The molecule has 0 unspecified atom stereocenters. The lowest BCUT2D eigenvalue weighted by molar-refractivity contribution is -0.134. The second kappa shape index (κ2) is 4.22. The Morgan fingerprint density at radius 2 is 2.21 bits per heavy atom. The molecule has 0 saturated heterocycles. The molecule has 1 heterocycles. The van der Waals surface area contributed by atoms with Gasteiger partial charge in [0.2, 0.25) is 5.88 Å². The Morgan fingerprint density at radius 1 is 1.50 bits per heavy atom. The maximum atomic E-state index is 10.8. The largest absolute Gasteiger partial charge is 0.481 e. The van der Waals surface area contributed by atoms with Crippen molar-refractivity contribution in [2.24, 2.45) is 5.73 Å². The van der Waals surface area contributed by atoms with Crippen LogP contribution >= 0.6 is 0 Å². The first kappa shape index (κ1) is 9.97. The van der Waals surface area contributed by atoms with Crippen molar-refractivity contribution in [1.29, 1.82) is 0 Å². The Labute approximate surface area is 80.1 Å². The van der Waals surface area contributed by atoms with Gasteiger partial charge in [0.25, 0.3) is 0 Å². The van der Waals surface area contributed by atoms with Crippen LogP contribution in [0.25, 0.3) is 0 Å². The SMILES string of the molecule is COc1ccc(NC(=O)C(N)=O)cn1. The van der Waals surface area contributed by atoms with E-state index < -0.39 is 11.8 Å². The molecule has 0 radical (unpaired) electrons. The van der Waals surface area contributed by atoms with Crippen LogP contribution in [0.1, 0.15) is 0 Å². The summed E-state index contributed by atoms with van der Waals surface area (Å²) in [7, 11) is 1.48. The Balaban J connectivity index is 2.69. The zero-order valence-corrected chi connectivity index (χ0v) is 7.48. The number of hydrogen-bond donors (Lipinski definition) is 2. The molecular weight excluding hydrogens is 186 g/mol. The van der Waals surface area contributed by atoms with Gasteiger partial charge in [-0.25, -0.2) is 4.98 Å². The first-order chi connectivity index (χ1) is 6.63. The van der Waals surface area contributed by atoms with E-state index in [0.29, 0.717) is 11.6 Å². The molecule has 14 heavy (non-hydrogen) atoms. The van der Waals surface area contributed by atoms with Crippen molar-refractivity contribution in [2.75, 3.05) is 12.4 Å². The molecule has 0 aliphatic carbocycles. The third-order valence-corrected chi connectivity index (χ3v) is 1.43. The first-order valence-electron chi connectivity index (χ1n) is 3.74. The van der Waals surface area contributed by atoms with E-state index in [1.807, 2.05) is 0 Å². The van der Waals surface area contributed by atoms with Crippen LogP contribution in [0.3, 0.4) is 0 Å². The fourth-order valence-electron chi connectivity index (χ4n) is 0.768. The summed E-state index contributed by atoms with van der Waals surface area (Å²) in [5, 5.41) is 2.26. The predicted octanol–water partition coefficient (Wildman–Crippen LogP) is -0.486. The number of nitrogens with zero attached hydrogens (tertiary/aromatic N) is 1. The molecule has 0 saturated carbocycles. The molecule has 0 aliphatic rings. The van der Waals surface area contributed by atoms with Crippen LogP contribution < -0.4 is 15.8 Å². The molecule has 3 N–H and O–H groups in total. The Kier molecular flexibility index (Phi) is 3.01. The molecule has 0 aromatic carbocycles. The molecule has 6 nitrogen and oxygen atoms in total. The maximum absolute atomic E-state index is 10.8. The molecule has 6 heteroatoms. The van der Waals surface area contributed by atoms with Gasteiger partial charge in [0, 0.05) is 6.07 Å². The lowest BCUT2D eigenvalue weighted by Crippen LogP contribution is -2.29. The van der Waals surface area contributed by atoms with Crippen molar-refractivity contribution in [3.63, 3.8) is 0 Å². The highest BCUT2D eigenvalue weighted by Crippen LogP contribution is 2.10. The molecule has 2 amide bonds. The van der Waals surface area contributed by atoms with Crippen molar-refractivity contribution in [2.45, 2.75) is 0 Å². The fourth-order valence-corrected chi connectivity index (χ4v) is 0.768. The number of pyridine rings is 1. The Hall–Kier alpha value is -2.11. The number of primary amides is 1. The van der Waals surface area contributed by atoms with Crippen LogP contribution in [0, 0.1) is 0 Å². The molecule has 0 spiro atoms. The summed E-state index contributed by atoms with van der Waals surface area (Å²) in [6.45, 7) is 0. The minimum absolute atomic E-state index is 0.384. The maximum Gasteiger partial charge on any atom is 0.313 e. The van der Waals surface area contributed by atoms with Crippen LogP contribution in [0.4, 0.5) is 5.69 Å². The van der Waals surface area contributed by atoms with E-state index in [2.05, 4.69) is 10.3 Å². The van der Waals surface area contributed by atoms with Crippen molar-refractivity contribution < 1.29 is 14.3 Å². The summed E-state index contributed by atoms with van der Waals surface area (Å²) in [5.41, 5.74) is 5.13. The quantitative estimate of drug-likeness (QED) is 0.623. The second-order valence-electron chi connectivity index (χ2n) is 2.41. The number of aromatic nitrogens is 1. The zero-order valence-electron chi connectivity index (χ0n) is 7.48. The van der Waals surface area contributed by atoms with E-state index in [1.165, 1.54) is 13.3 Å². The highest BCUT2D eigenvalue weighted by Gasteiger charge is 2.08. The zero-order chi connectivity index (χ0) is 10.6. The van der Waals surface area contributed by atoms with Crippen LogP contribution in [-0.2, 0) is 9.59 Å². The minimum Gasteiger partial charge on any atom is -0.481 e. The minimum atomic E-state index is -1.04. The summed E-state index contributed by atoms with van der Waals surface area (Å²) < 4.78 is 4.81. The molecule has 1 rings (SSSR count). The molecule has 0 bridgehead atoms. The summed E-state index contributed by atoms with van der Waals surface area (Å²) >= 11 is 0. The molecule has 0 fully saturated rings. The number of rotatable bonds is 2. The molecule has 1 aromatic heterocycles. The Bertz CT molecular complexity index is 347. The number of nitrogens with one attached hydrogen (secondary N) is 1. The fraction of sp³-hybridized carbons (Fsp3) is 0.125. The van der Waals surface area contributed by atoms with Gasteiger partial charge in [-0.05, 0) is 6.07 Å². The third-order valence-electron chi connectivity index (χ3n) is 1.43. The summed E-state index contributed by atoms with van der Waals surface area (Å²) in [6.07, 6.45) is 1.36. The van der Waals surface area contributed by atoms with Crippen LogP contribution in [0.2, 0.25) is 0 Å². The summed E-state index contributed by atoms with van der Waals surface area (Å²) in [6, 6.07) is 3.10. The van der Waals surface area contributed by atoms with Gasteiger partial charge in [-0.2, -0.15) is 0 Å². The molecule has 74 valence electrons. The Morgan fingerprint density at radius 3 is 2.64 bits per heavy atom. The van der Waals surface area contributed by atoms with E-state index >= 15 is 0 Å². The van der Waals surface area contributed by atoms with E-state index in [1.54, 1.807) is 12.1 Å². The summed E-state index contributed by atoms with van der Waals surface area (Å²) in [4.78, 5) is 25.0. The van der Waals surface area contributed by atoms with E-state index in [-0.39, 0.29) is 0 Å². The van der Waals surface area contributed by atoms with Gasteiger partial charge in [0.05, 0.1) is 19.0 Å². The van der Waals surface area contributed by atoms with Gasteiger partial charge in [-0.1, -0.05) is 0 Å². The van der Waals surface area contributed by atoms with Crippen LogP contribution in [0.5, 0.6) is 5.88 Å². The van der Waals surface area contributed by atoms with Crippen molar-refractivity contribution in [3.8, 4) is 5.88 Å². The molecular formula is C8H9N3O3. The molecule has 0 atom stereocenters. The third kappa shape index (κ3) is 2.44. The normalized spacial score (nSPS) is 9.21. The average Bonchev–Trinajstić information content (AvgIpc) is 2.19. The lowest BCUT2D eigenvalue weighted by atomic mass is 10.4. The number of methoxy groups -OCH3 is 1. The highest BCUT2D eigenvalue weighted by atomic mass is 16.5. The number of ether oxygens (including phenoxy) is 1. The number of nitrogens with two attached hydrogens (primary N) is 1. The average molecular weight is 195 g/mol. The van der Waals surface area contributed by atoms with Gasteiger partial charge < -0.3 is 15.8 Å². The number of hydrogen-bond acceptors (Lipinski definition) is 4. The first-order valence-corrected chi connectivity index (χ1v) is 3.74. The summed E-state index contributed by atoms with van der Waals surface area (Å²) in [5.74, 6) is -1.50. The topological polar surface area (TPSA) is 94.3 Å². The van der Waals surface area contributed by atoms with Crippen molar-refractivity contribution in [1.82, 2.24) is 4.98 Å². The molecule has 1 aromatic rings. The number of carbonyl (C=O) groups excluding carboxylic acids is 2. The van der Waals surface area contributed by atoms with Crippen LogP contribution in [-0.4, -0.2) is 23.9 Å². The number of carbonyl (C=O) groups is 2. The smallest absolute Gasteiger partial charge is 0.313 e. The van der Waals surface area contributed by atoms with E-state index in [0.717, 1.165) is 0 Å². The van der Waals surface area contributed by atoms with Gasteiger partial charge in [-0.3, -0.25) is 9.59 Å². The van der Waals surface area contributed by atoms with Crippen molar-refractivity contribution in [3.05, 3.63) is 18.3 Å². The van der Waals surface area contributed by atoms with E-state index in [9.17, 15) is 9.59 Å². The van der Waals surface area contributed by atoms with Crippen molar-refractivity contribution >= 4 is 17.5 Å². The lowest BCUT2D eigenvalue weighted by Gasteiger charge is -2.02. The van der Waals surface area contributed by atoms with Crippen LogP contribution in [0.15, 0.2) is 18.3 Å². The van der Waals surface area contributed by atoms with Gasteiger partial charge in [0.1, 0.15) is 0 Å². The standard InChI is InChI=1S/C8H9N3O3/c1-14-6-3-2-5(4-10-6)11-8(13)7(9)12/h2-4H,1H3,(H2,9,12)(H,11,13). The highest BCUT2D eigenvalue weighted by molar-refractivity contribution is 6.39. The monoisotopic (exact) mass is 195 g/mol. The second-order valence-corrected chi connectivity index (χ2v) is 2.41.